The van der Waals surface area contributed by atoms with Gasteiger partial charge in [0.1, 0.15) is 5.00 Å². The Labute approximate surface area is 199 Å². The molecular formula is C23H26F3N3O4S. The molecular weight excluding hydrogens is 471 g/mol. The lowest BCUT2D eigenvalue weighted by Gasteiger charge is -2.20. The van der Waals surface area contributed by atoms with Crippen molar-refractivity contribution in [3.8, 4) is 0 Å². The van der Waals surface area contributed by atoms with Gasteiger partial charge >= 0.3 is 12.1 Å². The number of para-hydroxylation sites is 1. The lowest BCUT2D eigenvalue weighted by molar-refractivity contribution is -0.137. The first kappa shape index (κ1) is 25.7. The predicted octanol–water partition coefficient (Wildman–Crippen LogP) is 4.33. The van der Waals surface area contributed by atoms with Gasteiger partial charge in [-0.25, -0.2) is 4.79 Å². The van der Waals surface area contributed by atoms with Crippen LogP contribution >= 0.6 is 11.3 Å². The molecule has 1 aliphatic carbocycles. The number of likely N-dealkylation sites (N-methyl/N-ethyl adjacent to an activating group) is 1. The van der Waals surface area contributed by atoms with Crippen LogP contribution in [0, 0.1) is 0 Å². The quantitative estimate of drug-likeness (QED) is 0.530. The summed E-state index contributed by atoms with van der Waals surface area (Å²) in [6.45, 7) is 1.59. The zero-order valence-corrected chi connectivity index (χ0v) is 19.7. The topological polar surface area (TPSA) is 87.7 Å². The number of carbonyl (C=O) groups excluding carboxylic acids is 3. The molecule has 0 spiro atoms. The number of nitrogens with one attached hydrogen (secondary N) is 2. The molecule has 0 atom stereocenters. The molecule has 1 heterocycles. The molecule has 2 amide bonds. The lowest BCUT2D eigenvalue weighted by atomic mass is 9.95. The summed E-state index contributed by atoms with van der Waals surface area (Å²) >= 11 is 1.35. The smallest absolute Gasteiger partial charge is 0.418 e. The number of carbonyl (C=O) groups is 3. The number of methoxy groups -OCH3 is 1. The first-order valence-electron chi connectivity index (χ1n) is 10.8. The van der Waals surface area contributed by atoms with Gasteiger partial charge in [0.2, 0.25) is 11.8 Å². The molecule has 7 nitrogen and oxygen atoms in total. The lowest BCUT2D eigenvalue weighted by Crippen LogP contribution is -2.39. The number of anilines is 2. The summed E-state index contributed by atoms with van der Waals surface area (Å²) in [5.74, 6) is -1.62. The van der Waals surface area contributed by atoms with Crippen molar-refractivity contribution in [2.24, 2.45) is 0 Å². The Balaban J connectivity index is 1.65. The molecule has 0 fully saturated rings. The molecule has 3 rings (SSSR count). The average molecular weight is 498 g/mol. The van der Waals surface area contributed by atoms with E-state index in [1.807, 2.05) is 0 Å². The van der Waals surface area contributed by atoms with Crippen molar-refractivity contribution in [1.29, 1.82) is 0 Å². The van der Waals surface area contributed by atoms with Crippen LogP contribution in [0.3, 0.4) is 0 Å². The second kappa shape index (κ2) is 11.0. The van der Waals surface area contributed by atoms with Gasteiger partial charge in [-0.3, -0.25) is 14.5 Å². The summed E-state index contributed by atoms with van der Waals surface area (Å²) in [5, 5.41) is 5.45. The maximum Gasteiger partial charge on any atom is 0.418 e. The second-order valence-corrected chi connectivity index (χ2v) is 8.95. The molecule has 34 heavy (non-hydrogen) atoms. The Morgan fingerprint density at radius 3 is 2.35 bits per heavy atom. The molecule has 1 aromatic carbocycles. The zero-order valence-electron chi connectivity index (χ0n) is 18.9. The van der Waals surface area contributed by atoms with Crippen LogP contribution in [0.2, 0.25) is 0 Å². The molecule has 2 aromatic rings. The molecule has 1 aliphatic rings. The van der Waals surface area contributed by atoms with Gasteiger partial charge in [0.05, 0.1) is 37.0 Å². The second-order valence-electron chi connectivity index (χ2n) is 7.85. The maximum absolute atomic E-state index is 13.2. The van der Waals surface area contributed by atoms with E-state index in [0.717, 1.165) is 42.2 Å². The van der Waals surface area contributed by atoms with E-state index in [4.69, 9.17) is 4.74 Å². The van der Waals surface area contributed by atoms with Crippen LogP contribution in [0.1, 0.15) is 46.1 Å². The van der Waals surface area contributed by atoms with E-state index < -0.39 is 29.5 Å². The van der Waals surface area contributed by atoms with Crippen LogP contribution in [0.15, 0.2) is 24.3 Å². The number of hydrogen-bond acceptors (Lipinski definition) is 6. The third kappa shape index (κ3) is 6.15. The van der Waals surface area contributed by atoms with E-state index in [9.17, 15) is 27.6 Å². The minimum absolute atomic E-state index is 0.173. The highest BCUT2D eigenvalue weighted by Crippen LogP contribution is 2.38. The first-order valence-corrected chi connectivity index (χ1v) is 11.7. The number of amides is 2. The van der Waals surface area contributed by atoms with Crippen molar-refractivity contribution in [3.63, 3.8) is 0 Å². The number of nitrogens with zero attached hydrogens (tertiary/aromatic N) is 1. The summed E-state index contributed by atoms with van der Waals surface area (Å²) < 4.78 is 44.4. The Bertz CT molecular complexity index is 1070. The van der Waals surface area contributed by atoms with Crippen LogP contribution < -0.4 is 10.6 Å². The standard InChI is InChI=1S/C23H26F3N3O4S/c1-3-29(12-18(30)27-16-10-6-5-9-15(16)23(24,25)26)13-19(31)28-21-20(22(32)33-2)14-8-4-7-11-17(14)34-21/h5-6,9-10H,3-4,7-8,11-13H2,1-2H3,(H,27,30)(H,28,31). The van der Waals surface area contributed by atoms with E-state index in [1.54, 1.807) is 6.92 Å². The van der Waals surface area contributed by atoms with E-state index in [1.165, 1.54) is 41.5 Å². The van der Waals surface area contributed by atoms with Crippen molar-refractivity contribution in [2.75, 3.05) is 37.4 Å². The van der Waals surface area contributed by atoms with Crippen LogP contribution in [0.4, 0.5) is 23.9 Å². The molecule has 0 bridgehead atoms. The van der Waals surface area contributed by atoms with Gasteiger partial charge in [-0.1, -0.05) is 19.1 Å². The van der Waals surface area contributed by atoms with Gasteiger partial charge < -0.3 is 15.4 Å². The highest BCUT2D eigenvalue weighted by Gasteiger charge is 2.33. The molecule has 0 aliphatic heterocycles. The van der Waals surface area contributed by atoms with Crippen LogP contribution in [-0.2, 0) is 33.3 Å². The fourth-order valence-corrected chi connectivity index (χ4v) is 5.15. The fourth-order valence-electron chi connectivity index (χ4n) is 3.85. The SMILES string of the molecule is CCN(CC(=O)Nc1ccccc1C(F)(F)F)CC(=O)Nc1sc2c(c1C(=O)OC)CCCC2. The molecule has 11 heteroatoms. The molecule has 0 radical (unpaired) electrons. The number of esters is 1. The van der Waals surface area contributed by atoms with Crippen LogP contribution in [-0.4, -0.2) is 49.4 Å². The summed E-state index contributed by atoms with van der Waals surface area (Å²) in [4.78, 5) is 40.0. The number of alkyl halides is 3. The third-order valence-corrected chi connectivity index (χ3v) is 6.71. The van der Waals surface area contributed by atoms with Crippen molar-refractivity contribution >= 4 is 39.8 Å². The minimum Gasteiger partial charge on any atom is -0.465 e. The highest BCUT2D eigenvalue weighted by molar-refractivity contribution is 7.17. The largest absolute Gasteiger partial charge is 0.465 e. The normalized spacial score (nSPS) is 13.4. The maximum atomic E-state index is 13.2. The Kier molecular flexibility index (Phi) is 8.32. The number of ether oxygens (including phenoxy) is 1. The third-order valence-electron chi connectivity index (χ3n) is 5.50. The number of halogens is 3. The van der Waals surface area contributed by atoms with E-state index in [0.29, 0.717) is 17.1 Å². The Hall–Kier alpha value is -2.92. The summed E-state index contributed by atoms with van der Waals surface area (Å²) in [6, 6.07) is 4.71. The number of fused-ring (bicyclic) bond motifs is 1. The number of benzene rings is 1. The van der Waals surface area contributed by atoms with Gasteiger partial charge in [-0.15, -0.1) is 11.3 Å². The number of aryl methyl sites for hydroxylation is 1. The van der Waals surface area contributed by atoms with Gasteiger partial charge in [-0.2, -0.15) is 13.2 Å². The molecule has 0 unspecified atom stereocenters. The van der Waals surface area contributed by atoms with E-state index >= 15 is 0 Å². The van der Waals surface area contributed by atoms with Crippen molar-refractivity contribution in [2.45, 2.75) is 38.8 Å². The minimum atomic E-state index is -4.61. The first-order chi connectivity index (χ1) is 16.1. The average Bonchev–Trinajstić information content (AvgIpc) is 3.15. The molecule has 1 aromatic heterocycles. The monoisotopic (exact) mass is 497 g/mol. The number of rotatable bonds is 8. The molecule has 2 N–H and O–H groups in total. The van der Waals surface area contributed by atoms with Crippen molar-refractivity contribution in [1.82, 2.24) is 4.90 Å². The van der Waals surface area contributed by atoms with Crippen LogP contribution in [0.5, 0.6) is 0 Å². The van der Waals surface area contributed by atoms with Gasteiger partial charge in [0.25, 0.3) is 0 Å². The number of thiophene rings is 1. The summed E-state index contributed by atoms with van der Waals surface area (Å²) in [5.41, 5.74) is 0.00193. The predicted molar refractivity (Wildman–Crippen MR) is 123 cm³/mol. The summed E-state index contributed by atoms with van der Waals surface area (Å²) in [6.07, 6.45) is -1.06. The van der Waals surface area contributed by atoms with Gasteiger partial charge in [-0.05, 0) is 49.9 Å². The van der Waals surface area contributed by atoms with Crippen LogP contribution in [0.25, 0.3) is 0 Å². The van der Waals surface area contributed by atoms with Gasteiger partial charge in [0.15, 0.2) is 0 Å². The Morgan fingerprint density at radius 2 is 1.71 bits per heavy atom. The molecule has 184 valence electrons. The zero-order chi connectivity index (χ0) is 24.9. The summed E-state index contributed by atoms with van der Waals surface area (Å²) in [7, 11) is 1.29. The molecule has 0 saturated carbocycles. The Morgan fingerprint density at radius 1 is 1.06 bits per heavy atom. The highest BCUT2D eigenvalue weighted by atomic mass is 32.1. The molecule has 0 saturated heterocycles. The van der Waals surface area contributed by atoms with E-state index in [-0.39, 0.29) is 18.8 Å². The number of hydrogen-bond donors (Lipinski definition) is 2. The van der Waals surface area contributed by atoms with E-state index in [2.05, 4.69) is 10.6 Å². The van der Waals surface area contributed by atoms with Gasteiger partial charge in [0, 0.05) is 4.88 Å². The fraction of sp³-hybridized carbons (Fsp3) is 0.435. The van der Waals surface area contributed by atoms with Crippen molar-refractivity contribution in [3.05, 3.63) is 45.8 Å². The van der Waals surface area contributed by atoms with Crippen molar-refractivity contribution < 1.29 is 32.3 Å².